The molecule has 196 valence electrons. The van der Waals surface area contributed by atoms with Crippen LogP contribution in [0.15, 0.2) is 71.7 Å². The van der Waals surface area contributed by atoms with Crippen LogP contribution in [0.1, 0.15) is 47.8 Å². The summed E-state index contributed by atoms with van der Waals surface area (Å²) in [6.45, 7) is 8.68. The quantitative estimate of drug-likeness (QED) is 0.309. The summed E-state index contributed by atoms with van der Waals surface area (Å²) in [6, 6.07) is 19.0. The summed E-state index contributed by atoms with van der Waals surface area (Å²) in [5.41, 5.74) is 5.56. The molecule has 0 aliphatic rings. The van der Waals surface area contributed by atoms with Crippen molar-refractivity contribution in [3.05, 3.63) is 99.5 Å². The first-order valence-corrected chi connectivity index (χ1v) is 12.5. The highest BCUT2D eigenvalue weighted by atomic mass is 16.1. The molecule has 0 saturated carbocycles. The third-order valence-corrected chi connectivity index (χ3v) is 6.45. The maximum absolute atomic E-state index is 13.0. The van der Waals surface area contributed by atoms with E-state index in [0.717, 1.165) is 28.2 Å². The lowest BCUT2D eigenvalue weighted by Crippen LogP contribution is -2.17. The fraction of sp³-hybridized carbons (Fsp3) is 0.267. The minimum atomic E-state index is -0.181. The lowest BCUT2D eigenvalue weighted by molar-refractivity contribution is 0.102. The molecule has 0 radical (unpaired) electrons. The van der Waals surface area contributed by atoms with E-state index in [2.05, 4.69) is 46.6 Å². The number of amides is 1. The molecule has 3 N–H and O–H groups in total. The van der Waals surface area contributed by atoms with Gasteiger partial charge in [0.05, 0.1) is 0 Å². The molecule has 2 heterocycles. The Labute approximate surface area is 223 Å². The maximum Gasteiger partial charge on any atom is 0.255 e. The molecule has 0 bridgehead atoms. The predicted molar refractivity (Wildman–Crippen MR) is 154 cm³/mol. The van der Waals surface area contributed by atoms with E-state index in [1.165, 1.54) is 5.56 Å². The van der Waals surface area contributed by atoms with Gasteiger partial charge in [-0.05, 0) is 71.0 Å². The molecule has 0 fully saturated rings. The number of aromatic nitrogens is 3. The first-order valence-electron chi connectivity index (χ1n) is 12.5. The standard InChI is InChI=1S/C30H34N6O2/c1-19-24(8-7-9-25(19)33-29(38)20-10-12-23(13-11-20)30(2,3)4)21-16-22(28(37)32-17-21)18-31-26-14-15-27(35-34-26)36(5)6/h7-17H,18H2,1-6H3,(H,31,34)(H,32,37)(H,33,38). The van der Waals surface area contributed by atoms with Gasteiger partial charge in [-0.2, -0.15) is 0 Å². The lowest BCUT2D eigenvalue weighted by atomic mass is 9.86. The van der Waals surface area contributed by atoms with Gasteiger partial charge in [0.1, 0.15) is 5.82 Å². The topological polar surface area (TPSA) is 103 Å². The summed E-state index contributed by atoms with van der Waals surface area (Å²) >= 11 is 0. The van der Waals surface area contributed by atoms with Crippen molar-refractivity contribution in [2.75, 3.05) is 29.6 Å². The summed E-state index contributed by atoms with van der Waals surface area (Å²) < 4.78 is 0. The average molecular weight is 511 g/mol. The fourth-order valence-electron chi connectivity index (χ4n) is 4.06. The van der Waals surface area contributed by atoms with E-state index in [9.17, 15) is 9.59 Å². The van der Waals surface area contributed by atoms with Crippen LogP contribution >= 0.6 is 0 Å². The van der Waals surface area contributed by atoms with Crippen molar-refractivity contribution in [1.82, 2.24) is 15.2 Å². The summed E-state index contributed by atoms with van der Waals surface area (Å²) in [5.74, 6) is 1.16. The Kier molecular flexibility index (Phi) is 7.62. The molecular weight excluding hydrogens is 476 g/mol. The highest BCUT2D eigenvalue weighted by molar-refractivity contribution is 6.05. The Morgan fingerprint density at radius 3 is 2.37 bits per heavy atom. The second-order valence-electron chi connectivity index (χ2n) is 10.5. The Bertz CT molecular complexity index is 1480. The molecule has 4 aromatic rings. The number of aromatic amines is 1. The molecule has 8 nitrogen and oxygen atoms in total. The number of carbonyl (C=O) groups excluding carboxylic acids is 1. The van der Waals surface area contributed by atoms with Crippen LogP contribution in [0.2, 0.25) is 0 Å². The predicted octanol–water partition coefficient (Wildman–Crippen LogP) is 5.37. The summed E-state index contributed by atoms with van der Waals surface area (Å²) in [7, 11) is 3.80. The molecule has 0 atom stereocenters. The highest BCUT2D eigenvalue weighted by Gasteiger charge is 2.16. The second-order valence-corrected chi connectivity index (χ2v) is 10.5. The highest BCUT2D eigenvalue weighted by Crippen LogP contribution is 2.29. The summed E-state index contributed by atoms with van der Waals surface area (Å²) in [4.78, 5) is 30.2. The van der Waals surface area contributed by atoms with Crippen molar-refractivity contribution in [3.8, 4) is 11.1 Å². The molecular formula is C30H34N6O2. The minimum absolute atomic E-state index is 0.0229. The summed E-state index contributed by atoms with van der Waals surface area (Å²) in [5, 5.41) is 14.5. The van der Waals surface area contributed by atoms with Gasteiger partial charge in [-0.3, -0.25) is 9.59 Å². The van der Waals surface area contributed by atoms with Crippen molar-refractivity contribution in [3.63, 3.8) is 0 Å². The van der Waals surface area contributed by atoms with E-state index in [4.69, 9.17) is 0 Å². The Hall–Kier alpha value is -4.46. The van der Waals surface area contributed by atoms with Gasteiger partial charge < -0.3 is 20.5 Å². The van der Waals surface area contributed by atoms with Gasteiger partial charge in [-0.15, -0.1) is 10.2 Å². The van der Waals surface area contributed by atoms with Gasteiger partial charge >= 0.3 is 0 Å². The number of nitrogens with zero attached hydrogens (tertiary/aromatic N) is 3. The number of H-pyrrole nitrogens is 1. The van der Waals surface area contributed by atoms with Crippen LogP contribution in [-0.2, 0) is 12.0 Å². The largest absolute Gasteiger partial charge is 0.364 e. The molecule has 0 aliphatic heterocycles. The minimum Gasteiger partial charge on any atom is -0.364 e. The van der Waals surface area contributed by atoms with Crippen LogP contribution in [-0.4, -0.2) is 35.2 Å². The molecule has 0 aliphatic carbocycles. The lowest BCUT2D eigenvalue weighted by Gasteiger charge is -2.19. The zero-order valence-corrected chi connectivity index (χ0v) is 22.7. The van der Waals surface area contributed by atoms with Gasteiger partial charge in [0.25, 0.3) is 11.5 Å². The maximum atomic E-state index is 13.0. The van der Waals surface area contributed by atoms with Crippen LogP contribution in [0.5, 0.6) is 0 Å². The normalized spacial score (nSPS) is 11.2. The van der Waals surface area contributed by atoms with Gasteiger partial charge in [-0.1, -0.05) is 45.0 Å². The van der Waals surface area contributed by atoms with Gasteiger partial charge in [0.2, 0.25) is 0 Å². The van der Waals surface area contributed by atoms with Crippen LogP contribution in [0, 0.1) is 6.92 Å². The zero-order valence-electron chi connectivity index (χ0n) is 22.7. The van der Waals surface area contributed by atoms with Crippen molar-refractivity contribution in [2.45, 2.75) is 39.7 Å². The van der Waals surface area contributed by atoms with E-state index in [1.54, 1.807) is 6.20 Å². The smallest absolute Gasteiger partial charge is 0.255 e. The van der Waals surface area contributed by atoms with Crippen molar-refractivity contribution in [1.29, 1.82) is 0 Å². The molecule has 2 aromatic heterocycles. The molecule has 0 spiro atoms. The van der Waals surface area contributed by atoms with Crippen LogP contribution < -0.4 is 21.1 Å². The second kappa shape index (κ2) is 10.9. The number of anilines is 3. The van der Waals surface area contributed by atoms with Crippen LogP contribution in [0.4, 0.5) is 17.3 Å². The first-order chi connectivity index (χ1) is 18.0. The number of hydrogen-bond donors (Lipinski definition) is 3. The Morgan fingerprint density at radius 2 is 1.74 bits per heavy atom. The zero-order chi connectivity index (χ0) is 27.4. The molecule has 8 heteroatoms. The van der Waals surface area contributed by atoms with E-state index in [1.807, 2.05) is 86.6 Å². The molecule has 0 unspecified atom stereocenters. The molecule has 0 saturated heterocycles. The SMILES string of the molecule is Cc1c(NC(=O)c2ccc(C(C)(C)C)cc2)cccc1-c1c[nH]c(=O)c(CNc2ccc(N(C)C)nn2)c1. The number of rotatable bonds is 7. The van der Waals surface area contributed by atoms with E-state index in [-0.39, 0.29) is 16.9 Å². The summed E-state index contributed by atoms with van der Waals surface area (Å²) in [6.07, 6.45) is 1.69. The first kappa shape index (κ1) is 26.6. The third-order valence-electron chi connectivity index (χ3n) is 6.45. The number of pyridine rings is 1. The molecule has 1 amide bonds. The number of nitrogens with one attached hydrogen (secondary N) is 3. The number of hydrogen-bond acceptors (Lipinski definition) is 6. The number of carbonyl (C=O) groups is 1. The molecule has 4 rings (SSSR count). The van der Waals surface area contributed by atoms with E-state index >= 15 is 0 Å². The number of benzene rings is 2. The van der Waals surface area contributed by atoms with Crippen molar-refractivity contribution in [2.24, 2.45) is 0 Å². The molecule has 38 heavy (non-hydrogen) atoms. The van der Waals surface area contributed by atoms with Gasteiger partial charge in [0.15, 0.2) is 5.82 Å². The monoisotopic (exact) mass is 510 g/mol. The van der Waals surface area contributed by atoms with Crippen LogP contribution in [0.3, 0.4) is 0 Å². The van der Waals surface area contributed by atoms with E-state index < -0.39 is 0 Å². The van der Waals surface area contributed by atoms with Crippen molar-refractivity contribution >= 4 is 23.2 Å². The van der Waals surface area contributed by atoms with Gasteiger partial charge in [0, 0.05) is 43.7 Å². The molecule has 2 aromatic carbocycles. The average Bonchev–Trinajstić information content (AvgIpc) is 2.89. The Balaban J connectivity index is 1.52. The van der Waals surface area contributed by atoms with Gasteiger partial charge in [-0.25, -0.2) is 0 Å². The van der Waals surface area contributed by atoms with Crippen molar-refractivity contribution < 1.29 is 4.79 Å². The Morgan fingerprint density at radius 1 is 1.00 bits per heavy atom. The third kappa shape index (κ3) is 6.08. The van der Waals surface area contributed by atoms with Crippen LogP contribution in [0.25, 0.3) is 11.1 Å². The van der Waals surface area contributed by atoms with E-state index in [0.29, 0.717) is 23.5 Å². The fourth-order valence-corrected chi connectivity index (χ4v) is 4.06.